The minimum Gasteiger partial charge on any atom is -0.872 e. The Bertz CT molecular complexity index is 997. The molecule has 42 heavy (non-hydrogen) atoms. The minimum atomic E-state index is -0.417. The van der Waals surface area contributed by atoms with Gasteiger partial charge in [0.1, 0.15) is 0 Å². The van der Waals surface area contributed by atoms with Crippen molar-refractivity contribution in [3.63, 3.8) is 0 Å². The van der Waals surface area contributed by atoms with Gasteiger partial charge in [-0.15, -0.1) is 23.7 Å². The third kappa shape index (κ3) is 14.4. The first kappa shape index (κ1) is 40.6. The number of benzene rings is 2. The molecule has 2 aromatic rings. The van der Waals surface area contributed by atoms with Crippen LogP contribution in [0.5, 0.6) is 11.5 Å². The molecule has 234 valence electrons. The molecule has 0 amide bonds. The maximum absolute atomic E-state index is 12.8. The zero-order chi connectivity index (χ0) is 31.7. The van der Waals surface area contributed by atoms with E-state index in [1.807, 2.05) is 26.0 Å². The van der Waals surface area contributed by atoms with E-state index in [1.54, 1.807) is 27.7 Å². The zero-order valence-corrected chi connectivity index (χ0v) is 30.0. The summed E-state index contributed by atoms with van der Waals surface area (Å²) in [5.41, 5.74) is 5.99. The number of rotatable bonds is 4. The van der Waals surface area contributed by atoms with Gasteiger partial charge in [-0.05, 0) is 66.4 Å². The summed E-state index contributed by atoms with van der Waals surface area (Å²) in [6.45, 7) is 28.6. The molecule has 6 nitrogen and oxygen atoms in total. The van der Waals surface area contributed by atoms with Crippen LogP contribution in [0.2, 0.25) is 0 Å². The predicted octanol–water partition coefficient (Wildman–Crippen LogP) is 4.26. The summed E-state index contributed by atoms with van der Waals surface area (Å²) in [7, 11) is 0. The van der Waals surface area contributed by atoms with Crippen LogP contribution in [0.15, 0.2) is 24.3 Å². The number of hydrogen-bond acceptors (Lipinski definition) is 6. The van der Waals surface area contributed by atoms with E-state index < -0.39 is 12.2 Å². The Kier molecular flexibility index (Phi) is 17.2. The van der Waals surface area contributed by atoms with E-state index in [0.717, 1.165) is 54.9 Å². The summed E-state index contributed by atoms with van der Waals surface area (Å²) in [5, 5.41) is 44.7. The van der Waals surface area contributed by atoms with Crippen molar-refractivity contribution < 1.29 is 42.1 Å². The standard InChI is InChI=1S/C29H44N2O2.2C3H7O.Ti/c1-20-14-24(28(3,4)5)16-22(26(20)32)18-30-10-9-11-31(13-12-30)19-23-17-25(29(6,7)8)15-21(2)27(23)33;2*1-3(2)4;/h14-17,32-33H,9-13,18-19H2,1-8H3;2*3H,1-2H3;/q;2*-1;+4/p-2. The first-order valence-corrected chi connectivity index (χ1v) is 15.1. The van der Waals surface area contributed by atoms with E-state index >= 15 is 0 Å². The molecule has 0 N–H and O–H groups in total. The minimum absolute atomic E-state index is 0. The average Bonchev–Trinajstić information content (AvgIpc) is 3.02. The first-order chi connectivity index (χ1) is 18.7. The van der Waals surface area contributed by atoms with Crippen molar-refractivity contribution in [2.24, 2.45) is 0 Å². The van der Waals surface area contributed by atoms with Crippen molar-refractivity contribution in [2.45, 2.75) is 126 Å². The fourth-order valence-electron chi connectivity index (χ4n) is 4.62. The van der Waals surface area contributed by atoms with Crippen LogP contribution in [0.3, 0.4) is 0 Å². The molecule has 0 saturated carbocycles. The molecule has 1 saturated heterocycles. The van der Waals surface area contributed by atoms with Crippen molar-refractivity contribution in [1.29, 1.82) is 0 Å². The third-order valence-electron chi connectivity index (χ3n) is 6.90. The Morgan fingerprint density at radius 3 is 1.17 bits per heavy atom. The quantitative estimate of drug-likeness (QED) is 0.477. The molecule has 1 heterocycles. The molecule has 2 aromatic carbocycles. The molecule has 0 bridgehead atoms. The van der Waals surface area contributed by atoms with Crippen LogP contribution in [0.25, 0.3) is 0 Å². The first-order valence-electron chi connectivity index (χ1n) is 15.1. The van der Waals surface area contributed by atoms with Crippen molar-refractivity contribution in [3.05, 3.63) is 57.6 Å². The summed E-state index contributed by atoms with van der Waals surface area (Å²) in [6.07, 6.45) is 0.207. The van der Waals surface area contributed by atoms with Crippen LogP contribution in [0.1, 0.15) is 109 Å². The van der Waals surface area contributed by atoms with E-state index in [-0.39, 0.29) is 44.0 Å². The number of hydrogen-bond donors (Lipinski definition) is 0. The Labute approximate surface area is 272 Å². The Morgan fingerprint density at radius 2 is 0.905 bits per heavy atom. The summed E-state index contributed by atoms with van der Waals surface area (Å²) in [4.78, 5) is 4.80. The van der Waals surface area contributed by atoms with Gasteiger partial charge < -0.3 is 20.4 Å². The van der Waals surface area contributed by atoms with Crippen LogP contribution < -0.4 is 20.4 Å². The second-order valence-electron chi connectivity index (χ2n) is 14.1. The Balaban J connectivity index is 0.00000166. The monoisotopic (exact) mass is 616 g/mol. The summed E-state index contributed by atoms with van der Waals surface area (Å²) in [5.74, 6) is 0.351. The van der Waals surface area contributed by atoms with Crippen molar-refractivity contribution in [3.8, 4) is 11.5 Å². The van der Waals surface area contributed by atoms with Crippen LogP contribution in [0.4, 0.5) is 0 Å². The second-order valence-corrected chi connectivity index (χ2v) is 14.1. The van der Waals surface area contributed by atoms with Crippen molar-refractivity contribution in [2.75, 3.05) is 26.2 Å². The molecular weight excluding hydrogens is 560 g/mol. The topological polar surface area (TPSA) is 98.7 Å². The molecule has 3 rings (SSSR count). The summed E-state index contributed by atoms with van der Waals surface area (Å²) < 4.78 is 0. The Hall–Kier alpha value is -1.41. The summed E-state index contributed by atoms with van der Waals surface area (Å²) >= 11 is 0. The van der Waals surface area contributed by atoms with Crippen molar-refractivity contribution in [1.82, 2.24) is 9.80 Å². The van der Waals surface area contributed by atoms with Crippen molar-refractivity contribution >= 4 is 0 Å². The normalized spacial score (nSPS) is 14.9. The fraction of sp³-hybridized carbons (Fsp3) is 0.657. The summed E-state index contributed by atoms with van der Waals surface area (Å²) in [6, 6.07) is 8.32. The Morgan fingerprint density at radius 1 is 0.619 bits per heavy atom. The van der Waals surface area contributed by atoms with Gasteiger partial charge in [-0.2, -0.15) is 0 Å². The maximum Gasteiger partial charge on any atom is 4.00 e. The molecule has 1 aliphatic heterocycles. The zero-order valence-electron chi connectivity index (χ0n) is 28.4. The van der Waals surface area contributed by atoms with E-state index in [4.69, 9.17) is 0 Å². The van der Waals surface area contributed by atoms with Gasteiger partial charge in [0.15, 0.2) is 0 Å². The molecule has 0 radical (unpaired) electrons. The molecule has 0 atom stereocenters. The van der Waals surface area contributed by atoms with E-state index in [2.05, 4.69) is 63.5 Å². The van der Waals surface area contributed by atoms with Crippen LogP contribution >= 0.6 is 0 Å². The van der Waals surface area contributed by atoms with E-state index in [0.29, 0.717) is 13.1 Å². The van der Waals surface area contributed by atoms with Gasteiger partial charge in [0.2, 0.25) is 0 Å². The largest absolute Gasteiger partial charge is 4.00 e. The van der Waals surface area contributed by atoms with Crippen LogP contribution in [-0.4, -0.2) is 48.2 Å². The third-order valence-corrected chi connectivity index (χ3v) is 6.90. The smallest absolute Gasteiger partial charge is 0.872 e. The van der Waals surface area contributed by atoms with Gasteiger partial charge >= 0.3 is 21.7 Å². The average molecular weight is 617 g/mol. The van der Waals surface area contributed by atoms with Gasteiger partial charge in [0.05, 0.1) is 0 Å². The molecule has 0 unspecified atom stereocenters. The molecule has 1 aliphatic rings. The second kappa shape index (κ2) is 17.8. The van der Waals surface area contributed by atoms with Crippen LogP contribution in [0, 0.1) is 13.8 Å². The van der Waals surface area contributed by atoms with Crippen LogP contribution in [-0.2, 0) is 45.6 Å². The molecular formula is C35H56N2O4Ti. The van der Waals surface area contributed by atoms with E-state index in [9.17, 15) is 20.4 Å². The maximum atomic E-state index is 12.8. The molecule has 7 heteroatoms. The number of nitrogens with zero attached hydrogens (tertiary/aromatic N) is 2. The fourth-order valence-corrected chi connectivity index (χ4v) is 4.62. The van der Waals surface area contributed by atoms with Gasteiger partial charge in [0.25, 0.3) is 0 Å². The van der Waals surface area contributed by atoms with Gasteiger partial charge in [0, 0.05) is 26.2 Å². The van der Waals surface area contributed by atoms with E-state index in [1.165, 1.54) is 11.1 Å². The predicted molar refractivity (Wildman–Crippen MR) is 164 cm³/mol. The van der Waals surface area contributed by atoms with Gasteiger partial charge in [-0.1, -0.05) is 105 Å². The van der Waals surface area contributed by atoms with Gasteiger partial charge in [-0.3, -0.25) is 9.80 Å². The molecule has 0 spiro atoms. The molecule has 0 aromatic heterocycles. The van der Waals surface area contributed by atoms with Gasteiger partial charge in [-0.25, -0.2) is 0 Å². The molecule has 0 aliphatic carbocycles. The SMILES string of the molecule is CC(C)[O-].CC(C)[O-].Cc1cc(C(C)(C)C)cc(CN2CCCN(Cc3cc(C(C)(C)C)cc(C)c3[O-])CC2)c1[O-].[Ti+4]. The molecule has 1 fully saturated rings. The number of aryl methyl sites for hydroxylation is 2.